The van der Waals surface area contributed by atoms with E-state index in [4.69, 9.17) is 4.74 Å². The summed E-state index contributed by atoms with van der Waals surface area (Å²) in [5, 5.41) is 3.29. The third kappa shape index (κ3) is 2.25. The van der Waals surface area contributed by atoms with Crippen molar-refractivity contribution in [2.45, 2.75) is 6.92 Å². The highest BCUT2D eigenvalue weighted by atomic mass is 32.1. The molecule has 0 radical (unpaired) electrons. The zero-order valence-corrected chi connectivity index (χ0v) is 11.2. The molecule has 0 aliphatic carbocycles. The van der Waals surface area contributed by atoms with Crippen LogP contribution in [0, 0.1) is 0 Å². The van der Waals surface area contributed by atoms with Crippen LogP contribution in [0.1, 0.15) is 6.92 Å². The number of rotatable bonds is 2. The van der Waals surface area contributed by atoms with Crippen LogP contribution in [-0.2, 0) is 4.79 Å². The average Bonchev–Trinajstić information content (AvgIpc) is 2.82. The first-order valence-corrected chi connectivity index (χ1v) is 6.88. The maximum absolute atomic E-state index is 11.2. The van der Waals surface area contributed by atoms with Crippen molar-refractivity contribution in [3.63, 3.8) is 0 Å². The molecule has 2 nitrogen and oxygen atoms in total. The van der Waals surface area contributed by atoms with E-state index in [9.17, 15) is 4.79 Å². The average molecular weight is 268 g/mol. The normalized spacial score (nSPS) is 10.6. The molecule has 0 saturated heterocycles. The Morgan fingerprint density at radius 1 is 1.00 bits per heavy atom. The second-order valence-corrected chi connectivity index (χ2v) is 5.15. The highest BCUT2D eigenvalue weighted by Gasteiger charge is 2.11. The number of para-hydroxylation sites is 1. The van der Waals surface area contributed by atoms with Gasteiger partial charge in [0.1, 0.15) is 5.75 Å². The van der Waals surface area contributed by atoms with E-state index in [0.717, 1.165) is 11.1 Å². The van der Waals surface area contributed by atoms with Gasteiger partial charge in [-0.25, -0.2) is 0 Å². The standard InChI is InChI=1S/C16H12O2S/c1-11(17)18-15-8-4-2-6-12(15)14-10-19-16-9-5-3-7-13(14)16/h2-10H,1H3. The van der Waals surface area contributed by atoms with Crippen LogP contribution in [0.3, 0.4) is 0 Å². The Morgan fingerprint density at radius 3 is 2.58 bits per heavy atom. The van der Waals surface area contributed by atoms with Gasteiger partial charge in [-0.1, -0.05) is 36.4 Å². The van der Waals surface area contributed by atoms with Gasteiger partial charge in [0.15, 0.2) is 0 Å². The van der Waals surface area contributed by atoms with Gasteiger partial charge in [-0.05, 0) is 17.5 Å². The van der Waals surface area contributed by atoms with E-state index in [2.05, 4.69) is 17.5 Å². The minimum Gasteiger partial charge on any atom is -0.426 e. The van der Waals surface area contributed by atoms with E-state index in [1.165, 1.54) is 17.0 Å². The van der Waals surface area contributed by atoms with Crippen LogP contribution in [-0.4, -0.2) is 5.97 Å². The van der Waals surface area contributed by atoms with E-state index in [1.54, 1.807) is 11.3 Å². The smallest absolute Gasteiger partial charge is 0.308 e. The molecule has 0 N–H and O–H groups in total. The largest absolute Gasteiger partial charge is 0.426 e. The van der Waals surface area contributed by atoms with Crippen molar-refractivity contribution in [3.05, 3.63) is 53.9 Å². The Labute approximate surface area is 115 Å². The topological polar surface area (TPSA) is 26.3 Å². The number of ether oxygens (including phenoxy) is 1. The summed E-state index contributed by atoms with van der Waals surface area (Å²) in [5.74, 6) is 0.311. The molecular formula is C16H12O2S. The molecule has 3 rings (SSSR count). The molecule has 3 aromatic rings. The molecule has 1 aromatic heterocycles. The molecule has 0 spiro atoms. The van der Waals surface area contributed by atoms with Crippen LogP contribution >= 0.6 is 11.3 Å². The van der Waals surface area contributed by atoms with E-state index < -0.39 is 0 Å². The van der Waals surface area contributed by atoms with Crippen LogP contribution < -0.4 is 4.74 Å². The van der Waals surface area contributed by atoms with Gasteiger partial charge in [0.2, 0.25) is 0 Å². The Kier molecular flexibility index (Phi) is 3.05. The summed E-state index contributed by atoms with van der Waals surface area (Å²) in [5.41, 5.74) is 2.06. The predicted molar refractivity (Wildman–Crippen MR) is 78.6 cm³/mol. The second kappa shape index (κ2) is 4.86. The molecule has 0 unspecified atom stereocenters. The Hall–Kier alpha value is -2.13. The minimum atomic E-state index is -0.299. The van der Waals surface area contributed by atoms with Gasteiger partial charge in [0.05, 0.1) is 0 Å². The lowest BCUT2D eigenvalue weighted by molar-refractivity contribution is -0.131. The zero-order chi connectivity index (χ0) is 13.2. The number of hydrogen-bond donors (Lipinski definition) is 0. The van der Waals surface area contributed by atoms with E-state index >= 15 is 0 Å². The van der Waals surface area contributed by atoms with Gasteiger partial charge < -0.3 is 4.74 Å². The van der Waals surface area contributed by atoms with Crippen LogP contribution in [0.5, 0.6) is 5.75 Å². The van der Waals surface area contributed by atoms with Crippen molar-refractivity contribution in [3.8, 4) is 16.9 Å². The summed E-state index contributed by atoms with van der Waals surface area (Å²) in [6.45, 7) is 1.42. The Morgan fingerprint density at radius 2 is 1.74 bits per heavy atom. The van der Waals surface area contributed by atoms with Crippen LogP contribution in [0.2, 0.25) is 0 Å². The molecule has 1 heterocycles. The van der Waals surface area contributed by atoms with Crippen LogP contribution in [0.4, 0.5) is 0 Å². The first-order valence-electron chi connectivity index (χ1n) is 6.00. The molecule has 94 valence electrons. The fraction of sp³-hybridized carbons (Fsp3) is 0.0625. The van der Waals surface area contributed by atoms with Gasteiger partial charge in [-0.15, -0.1) is 11.3 Å². The zero-order valence-electron chi connectivity index (χ0n) is 10.4. The van der Waals surface area contributed by atoms with Crippen molar-refractivity contribution >= 4 is 27.4 Å². The minimum absolute atomic E-state index is 0.299. The molecular weight excluding hydrogens is 256 g/mol. The maximum Gasteiger partial charge on any atom is 0.308 e. The number of fused-ring (bicyclic) bond motifs is 1. The van der Waals surface area contributed by atoms with Crippen LogP contribution in [0.25, 0.3) is 21.2 Å². The molecule has 0 amide bonds. The molecule has 0 aliphatic rings. The van der Waals surface area contributed by atoms with Crippen LogP contribution in [0.15, 0.2) is 53.9 Å². The van der Waals surface area contributed by atoms with Gasteiger partial charge in [-0.2, -0.15) is 0 Å². The van der Waals surface area contributed by atoms with Crippen molar-refractivity contribution in [1.82, 2.24) is 0 Å². The third-order valence-corrected chi connectivity index (χ3v) is 3.88. The number of carbonyl (C=O) groups excluding carboxylic acids is 1. The lowest BCUT2D eigenvalue weighted by Crippen LogP contribution is -2.02. The van der Waals surface area contributed by atoms with Gasteiger partial charge in [0.25, 0.3) is 0 Å². The lowest BCUT2D eigenvalue weighted by atomic mass is 10.0. The number of hydrogen-bond acceptors (Lipinski definition) is 3. The molecule has 2 aromatic carbocycles. The highest BCUT2D eigenvalue weighted by molar-refractivity contribution is 7.17. The molecule has 0 fully saturated rings. The lowest BCUT2D eigenvalue weighted by Gasteiger charge is -2.07. The summed E-state index contributed by atoms with van der Waals surface area (Å²) >= 11 is 1.70. The molecule has 0 atom stereocenters. The van der Waals surface area contributed by atoms with Gasteiger partial charge >= 0.3 is 5.97 Å². The SMILES string of the molecule is CC(=O)Oc1ccccc1-c1csc2ccccc12. The summed E-state index contributed by atoms with van der Waals surface area (Å²) in [7, 11) is 0. The molecule has 0 aliphatic heterocycles. The number of esters is 1. The summed E-state index contributed by atoms with van der Waals surface area (Å²) in [6, 6.07) is 15.9. The monoisotopic (exact) mass is 268 g/mol. The first kappa shape index (κ1) is 11.9. The molecule has 19 heavy (non-hydrogen) atoms. The van der Waals surface area contributed by atoms with Crippen molar-refractivity contribution < 1.29 is 9.53 Å². The Balaban J connectivity index is 2.19. The summed E-state index contributed by atoms with van der Waals surface area (Å²) < 4.78 is 6.52. The van der Waals surface area contributed by atoms with Crippen molar-refractivity contribution in [2.24, 2.45) is 0 Å². The number of thiophene rings is 1. The highest BCUT2D eigenvalue weighted by Crippen LogP contribution is 2.38. The quantitative estimate of drug-likeness (QED) is 0.505. The Bertz CT molecular complexity index is 743. The predicted octanol–water partition coefficient (Wildman–Crippen LogP) is 4.49. The molecule has 0 saturated carbocycles. The second-order valence-electron chi connectivity index (χ2n) is 4.24. The third-order valence-electron chi connectivity index (χ3n) is 2.91. The summed E-state index contributed by atoms with van der Waals surface area (Å²) in [4.78, 5) is 11.2. The van der Waals surface area contributed by atoms with E-state index in [0.29, 0.717) is 5.75 Å². The molecule has 3 heteroatoms. The van der Waals surface area contributed by atoms with E-state index in [1.807, 2.05) is 36.4 Å². The fourth-order valence-electron chi connectivity index (χ4n) is 2.12. The van der Waals surface area contributed by atoms with E-state index in [-0.39, 0.29) is 5.97 Å². The molecule has 0 bridgehead atoms. The van der Waals surface area contributed by atoms with Crippen molar-refractivity contribution in [2.75, 3.05) is 0 Å². The number of carbonyl (C=O) groups is 1. The van der Waals surface area contributed by atoms with Gasteiger partial charge in [0, 0.05) is 28.1 Å². The fourth-order valence-corrected chi connectivity index (χ4v) is 3.08. The number of benzene rings is 2. The van der Waals surface area contributed by atoms with Crippen molar-refractivity contribution in [1.29, 1.82) is 0 Å². The summed E-state index contributed by atoms with van der Waals surface area (Å²) in [6.07, 6.45) is 0. The van der Waals surface area contributed by atoms with Gasteiger partial charge in [-0.3, -0.25) is 4.79 Å². The first-order chi connectivity index (χ1) is 9.25. The maximum atomic E-state index is 11.2.